The molecule has 0 aliphatic rings. The molecule has 1 amide bonds. The van der Waals surface area contributed by atoms with E-state index in [9.17, 15) is 14.9 Å². The lowest BCUT2D eigenvalue weighted by molar-refractivity contribution is -0.385. The first-order valence-corrected chi connectivity index (χ1v) is 7.44. The molecule has 0 saturated heterocycles. The summed E-state index contributed by atoms with van der Waals surface area (Å²) < 4.78 is 5.18. The number of nitro groups is 1. The third kappa shape index (κ3) is 5.24. The number of carbonyl (C=O) groups excluding carboxylic acids is 1. The number of rotatable bonds is 7. The number of amides is 1. The quantitative estimate of drug-likeness (QED) is 0.595. The largest absolute Gasteiger partial charge is 0.447 e. The van der Waals surface area contributed by atoms with Gasteiger partial charge in [0.25, 0.3) is 5.69 Å². The smallest absolute Gasteiger partial charge is 0.411 e. The fourth-order valence-electron chi connectivity index (χ4n) is 1.90. The lowest BCUT2D eigenvalue weighted by Gasteiger charge is -2.17. The topological polar surface area (TPSA) is 106 Å². The molecule has 126 valence electrons. The Hall–Kier alpha value is -3.16. The van der Waals surface area contributed by atoms with Gasteiger partial charge >= 0.3 is 6.09 Å². The standard InChI is InChI=1S/C16H18N4O4/c1-2-12(18-15-9-8-14(10-17-15)20(22)23)11-24-16(21)19-13-6-4-3-5-7-13/h3-10,12H,2,11H2,1H3,(H,17,18)(H,19,21). The summed E-state index contributed by atoms with van der Waals surface area (Å²) in [6.07, 6.45) is 1.33. The van der Waals surface area contributed by atoms with Crippen LogP contribution in [-0.4, -0.2) is 28.6 Å². The van der Waals surface area contributed by atoms with Crippen LogP contribution in [-0.2, 0) is 4.74 Å². The first-order chi connectivity index (χ1) is 11.6. The molecule has 24 heavy (non-hydrogen) atoms. The molecule has 0 spiro atoms. The van der Waals surface area contributed by atoms with Crippen LogP contribution in [0.4, 0.5) is 22.0 Å². The Morgan fingerprint density at radius 2 is 2.04 bits per heavy atom. The minimum absolute atomic E-state index is 0.0768. The zero-order valence-corrected chi connectivity index (χ0v) is 13.1. The second-order valence-corrected chi connectivity index (χ2v) is 5.00. The highest BCUT2D eigenvalue weighted by Gasteiger charge is 2.12. The summed E-state index contributed by atoms with van der Waals surface area (Å²) in [6, 6.07) is 11.7. The van der Waals surface area contributed by atoms with Crippen molar-refractivity contribution in [1.82, 2.24) is 4.98 Å². The SMILES string of the molecule is CCC(COC(=O)Nc1ccccc1)Nc1ccc([N+](=O)[O-])cn1. The van der Waals surface area contributed by atoms with Gasteiger partial charge < -0.3 is 10.1 Å². The Morgan fingerprint density at radius 3 is 2.62 bits per heavy atom. The number of ether oxygens (including phenoxy) is 1. The number of hydrogen-bond donors (Lipinski definition) is 2. The van der Waals surface area contributed by atoms with E-state index in [1.54, 1.807) is 12.1 Å². The van der Waals surface area contributed by atoms with Crippen molar-refractivity contribution in [3.05, 3.63) is 58.8 Å². The van der Waals surface area contributed by atoms with Gasteiger partial charge in [-0.05, 0) is 24.6 Å². The van der Waals surface area contributed by atoms with Gasteiger partial charge in [-0.2, -0.15) is 0 Å². The number of benzene rings is 1. The highest BCUT2D eigenvalue weighted by molar-refractivity contribution is 5.84. The predicted octanol–water partition coefficient (Wildman–Crippen LogP) is 3.43. The van der Waals surface area contributed by atoms with E-state index in [2.05, 4.69) is 15.6 Å². The Bertz CT molecular complexity index is 676. The van der Waals surface area contributed by atoms with E-state index in [0.717, 1.165) is 0 Å². The van der Waals surface area contributed by atoms with Gasteiger partial charge in [0.15, 0.2) is 0 Å². The van der Waals surface area contributed by atoms with Crippen molar-refractivity contribution in [2.75, 3.05) is 17.2 Å². The van der Waals surface area contributed by atoms with Crippen LogP contribution < -0.4 is 10.6 Å². The van der Waals surface area contributed by atoms with E-state index < -0.39 is 11.0 Å². The third-order valence-electron chi connectivity index (χ3n) is 3.24. The van der Waals surface area contributed by atoms with Crippen molar-refractivity contribution in [3.8, 4) is 0 Å². The molecule has 1 unspecified atom stereocenters. The van der Waals surface area contributed by atoms with Crippen LogP contribution >= 0.6 is 0 Å². The molecule has 0 saturated carbocycles. The summed E-state index contributed by atoms with van der Waals surface area (Å²) in [6.45, 7) is 2.08. The first-order valence-electron chi connectivity index (χ1n) is 7.44. The number of aromatic nitrogens is 1. The number of carbonyl (C=O) groups is 1. The molecule has 2 aromatic rings. The van der Waals surface area contributed by atoms with Crippen molar-refractivity contribution >= 4 is 23.3 Å². The number of nitrogens with zero attached hydrogens (tertiary/aromatic N) is 2. The normalized spacial score (nSPS) is 11.4. The summed E-state index contributed by atoms with van der Waals surface area (Å²) in [4.78, 5) is 25.8. The van der Waals surface area contributed by atoms with Gasteiger partial charge in [-0.3, -0.25) is 15.4 Å². The highest BCUT2D eigenvalue weighted by atomic mass is 16.6. The van der Waals surface area contributed by atoms with Crippen molar-refractivity contribution in [2.45, 2.75) is 19.4 Å². The molecular weight excluding hydrogens is 312 g/mol. The van der Waals surface area contributed by atoms with Crippen LogP contribution in [0.3, 0.4) is 0 Å². The van der Waals surface area contributed by atoms with Crippen LogP contribution in [0.2, 0.25) is 0 Å². The van der Waals surface area contributed by atoms with Gasteiger partial charge in [-0.25, -0.2) is 9.78 Å². The number of pyridine rings is 1. The molecule has 1 heterocycles. The second-order valence-electron chi connectivity index (χ2n) is 5.00. The zero-order valence-electron chi connectivity index (χ0n) is 13.1. The summed E-state index contributed by atoms with van der Waals surface area (Å²) >= 11 is 0. The zero-order chi connectivity index (χ0) is 17.4. The van der Waals surface area contributed by atoms with Crippen LogP contribution in [0.5, 0.6) is 0 Å². The van der Waals surface area contributed by atoms with Crippen molar-refractivity contribution in [3.63, 3.8) is 0 Å². The molecule has 8 heteroatoms. The number of anilines is 2. The predicted molar refractivity (Wildman–Crippen MR) is 90.0 cm³/mol. The number of nitrogens with one attached hydrogen (secondary N) is 2. The average Bonchev–Trinajstić information content (AvgIpc) is 2.60. The highest BCUT2D eigenvalue weighted by Crippen LogP contribution is 2.13. The Morgan fingerprint density at radius 1 is 1.29 bits per heavy atom. The maximum atomic E-state index is 11.8. The third-order valence-corrected chi connectivity index (χ3v) is 3.24. The lowest BCUT2D eigenvalue weighted by Crippen LogP contribution is -2.28. The molecule has 1 aromatic heterocycles. The molecule has 0 aliphatic heterocycles. The Labute approximate surface area is 139 Å². The summed E-state index contributed by atoms with van der Waals surface area (Å²) in [7, 11) is 0. The first kappa shape index (κ1) is 17.2. The monoisotopic (exact) mass is 330 g/mol. The minimum Gasteiger partial charge on any atom is -0.447 e. The number of hydrogen-bond acceptors (Lipinski definition) is 6. The minimum atomic E-state index is -0.543. The molecular formula is C16H18N4O4. The molecule has 1 aromatic carbocycles. The molecule has 8 nitrogen and oxygen atoms in total. The fourth-order valence-corrected chi connectivity index (χ4v) is 1.90. The molecule has 1 atom stereocenters. The molecule has 2 N–H and O–H groups in total. The number of para-hydroxylation sites is 1. The van der Waals surface area contributed by atoms with Crippen LogP contribution in [0.15, 0.2) is 48.7 Å². The Kier molecular flexibility index (Phi) is 6.07. The molecule has 0 bridgehead atoms. The van der Waals surface area contributed by atoms with Crippen LogP contribution in [0.1, 0.15) is 13.3 Å². The van der Waals surface area contributed by atoms with Crippen molar-refractivity contribution in [1.29, 1.82) is 0 Å². The van der Waals surface area contributed by atoms with Gasteiger partial charge in [-0.1, -0.05) is 25.1 Å². The van der Waals surface area contributed by atoms with E-state index in [-0.39, 0.29) is 18.3 Å². The van der Waals surface area contributed by atoms with Gasteiger partial charge in [0.05, 0.1) is 11.0 Å². The van der Waals surface area contributed by atoms with E-state index in [4.69, 9.17) is 4.74 Å². The second kappa shape index (κ2) is 8.47. The van der Waals surface area contributed by atoms with E-state index in [0.29, 0.717) is 17.9 Å². The van der Waals surface area contributed by atoms with Crippen molar-refractivity contribution in [2.24, 2.45) is 0 Å². The molecule has 0 aliphatic carbocycles. The van der Waals surface area contributed by atoms with Gasteiger partial charge in [0, 0.05) is 11.8 Å². The van der Waals surface area contributed by atoms with Gasteiger partial charge in [-0.15, -0.1) is 0 Å². The fraction of sp³-hybridized carbons (Fsp3) is 0.250. The molecule has 0 fully saturated rings. The Balaban J connectivity index is 1.83. The molecule has 0 radical (unpaired) electrons. The van der Waals surface area contributed by atoms with Crippen molar-refractivity contribution < 1.29 is 14.5 Å². The lowest BCUT2D eigenvalue weighted by atomic mass is 10.2. The van der Waals surface area contributed by atoms with Gasteiger partial charge in [0.2, 0.25) is 0 Å². The van der Waals surface area contributed by atoms with Gasteiger partial charge in [0.1, 0.15) is 18.6 Å². The average molecular weight is 330 g/mol. The maximum Gasteiger partial charge on any atom is 0.411 e. The maximum absolute atomic E-state index is 11.8. The van der Waals surface area contributed by atoms with E-state index >= 15 is 0 Å². The summed E-state index contributed by atoms with van der Waals surface area (Å²) in [5, 5.41) is 16.3. The summed E-state index contributed by atoms with van der Waals surface area (Å²) in [5.74, 6) is 0.486. The van der Waals surface area contributed by atoms with Crippen LogP contribution in [0.25, 0.3) is 0 Å². The van der Waals surface area contributed by atoms with Crippen LogP contribution in [0, 0.1) is 10.1 Å². The van der Waals surface area contributed by atoms with E-state index in [1.165, 1.54) is 18.3 Å². The van der Waals surface area contributed by atoms with E-state index in [1.807, 2.05) is 25.1 Å². The summed E-state index contributed by atoms with van der Waals surface area (Å²) in [5.41, 5.74) is 0.577. The molecule has 2 rings (SSSR count).